The van der Waals surface area contributed by atoms with Gasteiger partial charge in [-0.1, -0.05) is 0 Å². The Bertz CT molecular complexity index is 273. The van der Waals surface area contributed by atoms with Gasteiger partial charge in [0.2, 0.25) is 0 Å². The Balaban J connectivity index is 2.10. The van der Waals surface area contributed by atoms with Crippen LogP contribution in [0.3, 0.4) is 0 Å². The van der Waals surface area contributed by atoms with Crippen molar-refractivity contribution in [3.8, 4) is 0 Å². The van der Waals surface area contributed by atoms with Crippen LogP contribution in [0, 0.1) is 0 Å². The molecule has 1 atom stereocenters. The van der Waals surface area contributed by atoms with Gasteiger partial charge in [-0.2, -0.15) is 11.3 Å². The van der Waals surface area contributed by atoms with Crippen LogP contribution in [-0.2, 0) is 16.0 Å². The first-order valence-corrected chi connectivity index (χ1v) is 5.40. The molecular weight excluding hydrogens is 184 g/mol. The molecule has 2 nitrogen and oxygen atoms in total. The monoisotopic (exact) mass is 196 g/mol. The summed E-state index contributed by atoms with van der Waals surface area (Å²) in [5.41, 5.74) is 0.695. The molecule has 70 valence electrons. The van der Waals surface area contributed by atoms with Gasteiger partial charge in [0.25, 0.3) is 0 Å². The van der Waals surface area contributed by atoms with Crippen molar-refractivity contribution in [1.29, 1.82) is 0 Å². The Morgan fingerprint density at radius 2 is 2.62 bits per heavy atom. The summed E-state index contributed by atoms with van der Waals surface area (Å²) in [6.07, 6.45) is 3.58. The van der Waals surface area contributed by atoms with E-state index in [0.717, 1.165) is 32.2 Å². The maximum atomic E-state index is 10.9. The van der Waals surface area contributed by atoms with Crippen molar-refractivity contribution in [2.45, 2.75) is 24.9 Å². The van der Waals surface area contributed by atoms with Crippen molar-refractivity contribution in [3.63, 3.8) is 0 Å². The highest BCUT2D eigenvalue weighted by Gasteiger charge is 2.34. The molecule has 2 rings (SSSR count). The summed E-state index contributed by atoms with van der Waals surface area (Å²) in [6, 6.07) is 2.05. The second-order valence-corrected chi connectivity index (χ2v) is 4.22. The van der Waals surface area contributed by atoms with Crippen LogP contribution in [0.25, 0.3) is 0 Å². The van der Waals surface area contributed by atoms with E-state index in [4.69, 9.17) is 4.74 Å². The molecular formula is C10H12O2S. The van der Waals surface area contributed by atoms with Gasteiger partial charge in [0, 0.05) is 13.0 Å². The molecule has 1 aliphatic rings. The maximum Gasteiger partial charge on any atom is 0.152 e. The fraction of sp³-hybridized carbons (Fsp3) is 0.500. The molecule has 0 amide bonds. The number of aldehydes is 1. The first kappa shape index (κ1) is 8.91. The topological polar surface area (TPSA) is 26.3 Å². The zero-order chi connectivity index (χ0) is 9.15. The summed E-state index contributed by atoms with van der Waals surface area (Å²) in [7, 11) is 0. The van der Waals surface area contributed by atoms with Crippen LogP contribution in [0.2, 0.25) is 0 Å². The van der Waals surface area contributed by atoms with Crippen molar-refractivity contribution >= 4 is 17.6 Å². The Labute approximate surface area is 81.5 Å². The third kappa shape index (κ3) is 1.81. The molecule has 1 aliphatic heterocycles. The smallest absolute Gasteiger partial charge is 0.152 e. The summed E-state index contributed by atoms with van der Waals surface area (Å²) in [4.78, 5) is 10.9. The Kier molecular flexibility index (Phi) is 2.47. The van der Waals surface area contributed by atoms with Gasteiger partial charge < -0.3 is 9.53 Å². The first-order chi connectivity index (χ1) is 6.35. The summed E-state index contributed by atoms with van der Waals surface area (Å²) in [6.45, 7) is 0.725. The number of ether oxygens (including phenoxy) is 1. The van der Waals surface area contributed by atoms with Crippen LogP contribution in [-0.4, -0.2) is 18.5 Å². The molecule has 13 heavy (non-hydrogen) atoms. The van der Waals surface area contributed by atoms with Crippen LogP contribution < -0.4 is 0 Å². The number of carbonyl (C=O) groups excluding carboxylic acids is 1. The van der Waals surface area contributed by atoms with Gasteiger partial charge >= 0.3 is 0 Å². The van der Waals surface area contributed by atoms with Crippen molar-refractivity contribution in [1.82, 2.24) is 0 Å². The molecule has 0 spiro atoms. The molecule has 1 aromatic rings. The zero-order valence-corrected chi connectivity index (χ0v) is 8.18. The lowest BCUT2D eigenvalue weighted by Crippen LogP contribution is -2.32. The van der Waals surface area contributed by atoms with E-state index in [1.807, 2.05) is 5.38 Å². The Hall–Kier alpha value is -0.670. The third-order valence-electron chi connectivity index (χ3n) is 2.43. The molecule has 0 aliphatic carbocycles. The van der Waals surface area contributed by atoms with Gasteiger partial charge in [0.1, 0.15) is 5.60 Å². The predicted molar refractivity (Wildman–Crippen MR) is 52.0 cm³/mol. The van der Waals surface area contributed by atoms with E-state index in [1.54, 1.807) is 11.3 Å². The molecule has 1 saturated heterocycles. The van der Waals surface area contributed by atoms with E-state index in [1.165, 1.54) is 5.56 Å². The average Bonchev–Trinajstić information content (AvgIpc) is 2.77. The Morgan fingerprint density at radius 3 is 3.15 bits per heavy atom. The third-order valence-corrected chi connectivity index (χ3v) is 3.16. The molecule has 0 saturated carbocycles. The molecule has 1 unspecified atom stereocenters. The van der Waals surface area contributed by atoms with Gasteiger partial charge in [0.05, 0.1) is 0 Å². The molecule has 1 aromatic heterocycles. The van der Waals surface area contributed by atoms with Gasteiger partial charge in [0.15, 0.2) is 6.29 Å². The lowest BCUT2D eigenvalue weighted by Gasteiger charge is -2.20. The minimum atomic E-state index is -0.513. The van der Waals surface area contributed by atoms with Gasteiger partial charge in [-0.05, 0) is 35.2 Å². The van der Waals surface area contributed by atoms with Crippen molar-refractivity contribution in [3.05, 3.63) is 22.4 Å². The minimum Gasteiger partial charge on any atom is -0.367 e. The highest BCUT2D eigenvalue weighted by atomic mass is 32.1. The van der Waals surface area contributed by atoms with Gasteiger partial charge in [-0.15, -0.1) is 0 Å². The summed E-state index contributed by atoms with van der Waals surface area (Å²) in [5, 5.41) is 4.11. The van der Waals surface area contributed by atoms with E-state index in [0.29, 0.717) is 0 Å². The highest BCUT2D eigenvalue weighted by Crippen LogP contribution is 2.28. The standard InChI is InChI=1S/C10H12O2S/c11-8-10(3-1-4-12-10)6-9-2-5-13-7-9/h2,5,7-8H,1,3-4,6H2. The van der Waals surface area contributed by atoms with E-state index < -0.39 is 5.60 Å². The lowest BCUT2D eigenvalue weighted by atomic mass is 9.95. The second kappa shape index (κ2) is 3.60. The Morgan fingerprint density at radius 1 is 1.69 bits per heavy atom. The van der Waals surface area contributed by atoms with Gasteiger partial charge in [-0.3, -0.25) is 0 Å². The molecule has 2 heterocycles. The molecule has 0 radical (unpaired) electrons. The summed E-state index contributed by atoms with van der Waals surface area (Å²) in [5.74, 6) is 0. The quantitative estimate of drug-likeness (QED) is 0.691. The van der Waals surface area contributed by atoms with E-state index in [9.17, 15) is 4.79 Å². The minimum absolute atomic E-state index is 0.513. The van der Waals surface area contributed by atoms with Crippen LogP contribution >= 0.6 is 11.3 Å². The number of thiophene rings is 1. The van der Waals surface area contributed by atoms with E-state index >= 15 is 0 Å². The van der Waals surface area contributed by atoms with Crippen LogP contribution in [0.5, 0.6) is 0 Å². The molecule has 1 fully saturated rings. The SMILES string of the molecule is O=CC1(Cc2ccsc2)CCCO1. The number of hydrogen-bond acceptors (Lipinski definition) is 3. The number of rotatable bonds is 3. The van der Waals surface area contributed by atoms with Crippen molar-refractivity contribution in [2.24, 2.45) is 0 Å². The van der Waals surface area contributed by atoms with E-state index in [2.05, 4.69) is 11.4 Å². The fourth-order valence-electron chi connectivity index (χ4n) is 1.73. The zero-order valence-electron chi connectivity index (χ0n) is 7.36. The number of hydrogen-bond donors (Lipinski definition) is 0. The number of carbonyl (C=O) groups is 1. The maximum absolute atomic E-state index is 10.9. The fourth-order valence-corrected chi connectivity index (χ4v) is 2.40. The summed E-state index contributed by atoms with van der Waals surface area (Å²) < 4.78 is 5.50. The van der Waals surface area contributed by atoms with E-state index in [-0.39, 0.29) is 0 Å². The van der Waals surface area contributed by atoms with Crippen molar-refractivity contribution < 1.29 is 9.53 Å². The normalized spacial score (nSPS) is 27.7. The van der Waals surface area contributed by atoms with Crippen LogP contribution in [0.15, 0.2) is 16.8 Å². The molecule has 0 bridgehead atoms. The lowest BCUT2D eigenvalue weighted by molar-refractivity contribution is -0.125. The highest BCUT2D eigenvalue weighted by molar-refractivity contribution is 7.07. The predicted octanol–water partition coefficient (Wildman–Crippen LogP) is 2.04. The first-order valence-electron chi connectivity index (χ1n) is 4.46. The molecule has 3 heteroatoms. The average molecular weight is 196 g/mol. The second-order valence-electron chi connectivity index (χ2n) is 3.44. The van der Waals surface area contributed by atoms with Crippen molar-refractivity contribution in [2.75, 3.05) is 6.61 Å². The van der Waals surface area contributed by atoms with Crippen LogP contribution in [0.1, 0.15) is 18.4 Å². The largest absolute Gasteiger partial charge is 0.367 e. The van der Waals surface area contributed by atoms with Crippen LogP contribution in [0.4, 0.5) is 0 Å². The van der Waals surface area contributed by atoms with Gasteiger partial charge in [-0.25, -0.2) is 0 Å². The molecule has 0 N–H and O–H groups in total. The summed E-state index contributed by atoms with van der Waals surface area (Å²) >= 11 is 1.66. The molecule has 0 aromatic carbocycles.